The van der Waals surface area contributed by atoms with Crippen molar-refractivity contribution >= 4 is 17.5 Å². The highest BCUT2D eigenvalue weighted by Gasteiger charge is 2.35. The van der Waals surface area contributed by atoms with Gasteiger partial charge in [-0.3, -0.25) is 4.79 Å². The summed E-state index contributed by atoms with van der Waals surface area (Å²) in [4.78, 5) is 14.9. The topological polar surface area (TPSA) is 64.2 Å². The van der Waals surface area contributed by atoms with Crippen LogP contribution < -0.4 is 5.73 Å². The van der Waals surface area contributed by atoms with Crippen molar-refractivity contribution in [3.63, 3.8) is 0 Å². The Balaban J connectivity index is 1.71. The molecule has 6 heteroatoms. The third-order valence-electron chi connectivity index (χ3n) is 5.15. The molecule has 2 aromatic rings. The van der Waals surface area contributed by atoms with Crippen molar-refractivity contribution in [2.24, 2.45) is 5.73 Å². The van der Waals surface area contributed by atoms with E-state index in [1.165, 1.54) is 0 Å². The van der Waals surface area contributed by atoms with Crippen LogP contribution in [0.4, 0.5) is 0 Å². The Kier molecular flexibility index (Phi) is 4.29. The number of hydrogen-bond donors (Lipinski definition) is 1. The molecular formula is C19H23ClN4O. The predicted octanol–water partition coefficient (Wildman–Crippen LogP) is 3.27. The van der Waals surface area contributed by atoms with Crippen LogP contribution in [0.5, 0.6) is 0 Å². The lowest BCUT2D eigenvalue weighted by atomic mass is 10.0. The smallest absolute Gasteiger partial charge is 0.257 e. The molecule has 1 saturated carbocycles. The average molecular weight is 359 g/mol. The fraction of sp³-hybridized carbons (Fsp3) is 0.474. The van der Waals surface area contributed by atoms with Gasteiger partial charge in [0.15, 0.2) is 0 Å². The lowest BCUT2D eigenvalue weighted by Gasteiger charge is -2.30. The lowest BCUT2D eigenvalue weighted by molar-refractivity contribution is 0.0707. The highest BCUT2D eigenvalue weighted by atomic mass is 35.5. The average Bonchev–Trinajstić information content (AvgIpc) is 3.35. The molecule has 1 aromatic heterocycles. The first-order chi connectivity index (χ1) is 12.0. The first kappa shape index (κ1) is 16.6. The third-order valence-corrected chi connectivity index (χ3v) is 5.55. The number of carbonyl (C=O) groups is 1. The molecule has 1 atom stereocenters. The number of rotatable bonds is 3. The van der Waals surface area contributed by atoms with Crippen molar-refractivity contribution < 1.29 is 4.79 Å². The first-order valence-corrected chi connectivity index (χ1v) is 9.31. The van der Waals surface area contributed by atoms with Gasteiger partial charge in [0, 0.05) is 30.1 Å². The molecule has 2 N–H and O–H groups in total. The number of halogens is 1. The summed E-state index contributed by atoms with van der Waals surface area (Å²) in [6.07, 6.45) is 5.87. The van der Waals surface area contributed by atoms with Gasteiger partial charge < -0.3 is 10.6 Å². The first-order valence-electron chi connectivity index (χ1n) is 8.94. The molecule has 2 aliphatic rings. The largest absolute Gasteiger partial charge is 0.337 e. The number of carbonyl (C=O) groups excluding carboxylic acids is 1. The summed E-state index contributed by atoms with van der Waals surface area (Å²) in [6, 6.07) is 5.99. The maximum Gasteiger partial charge on any atom is 0.257 e. The van der Waals surface area contributed by atoms with Crippen LogP contribution in [0.2, 0.25) is 5.02 Å². The molecule has 25 heavy (non-hydrogen) atoms. The second kappa shape index (κ2) is 6.46. The van der Waals surface area contributed by atoms with Crippen LogP contribution in [-0.4, -0.2) is 39.7 Å². The molecule has 2 fully saturated rings. The second-order valence-electron chi connectivity index (χ2n) is 7.22. The Hall–Kier alpha value is -1.85. The maximum absolute atomic E-state index is 13.1. The van der Waals surface area contributed by atoms with Crippen LogP contribution in [-0.2, 0) is 0 Å². The van der Waals surface area contributed by atoms with E-state index in [-0.39, 0.29) is 11.9 Å². The molecule has 0 radical (unpaired) electrons. The Morgan fingerprint density at radius 2 is 2.12 bits per heavy atom. The number of likely N-dealkylation sites (tertiary alicyclic amines) is 1. The van der Waals surface area contributed by atoms with Gasteiger partial charge in [-0.05, 0) is 50.3 Å². The molecule has 1 aliphatic heterocycles. The molecule has 1 amide bonds. The quantitative estimate of drug-likeness (QED) is 0.915. The number of hydrogen-bond acceptors (Lipinski definition) is 3. The number of aryl methyl sites for hydroxylation is 1. The van der Waals surface area contributed by atoms with E-state index in [9.17, 15) is 4.79 Å². The van der Waals surface area contributed by atoms with Crippen LogP contribution in [0.25, 0.3) is 5.69 Å². The van der Waals surface area contributed by atoms with Gasteiger partial charge >= 0.3 is 0 Å². The summed E-state index contributed by atoms with van der Waals surface area (Å²) >= 11 is 6.29. The lowest BCUT2D eigenvalue weighted by Crippen LogP contribution is -2.45. The highest BCUT2D eigenvalue weighted by Crippen LogP contribution is 2.43. The van der Waals surface area contributed by atoms with Crippen LogP contribution in [0.1, 0.15) is 53.2 Å². The molecule has 1 aliphatic carbocycles. The van der Waals surface area contributed by atoms with Crippen molar-refractivity contribution in [2.45, 2.75) is 44.6 Å². The number of nitrogens with zero attached hydrogens (tertiary/aromatic N) is 3. The van der Waals surface area contributed by atoms with Gasteiger partial charge in [0.1, 0.15) is 0 Å². The van der Waals surface area contributed by atoms with Gasteiger partial charge in [-0.25, -0.2) is 4.68 Å². The molecule has 1 aromatic carbocycles. The Bertz CT molecular complexity index is 812. The summed E-state index contributed by atoms with van der Waals surface area (Å²) < 4.78 is 1.89. The van der Waals surface area contributed by atoms with Gasteiger partial charge in [0.25, 0.3) is 5.91 Å². The van der Waals surface area contributed by atoms with E-state index in [1.807, 2.05) is 34.7 Å². The van der Waals surface area contributed by atoms with Gasteiger partial charge in [-0.1, -0.05) is 17.7 Å². The monoisotopic (exact) mass is 358 g/mol. The normalized spacial score (nSPS) is 20.8. The number of aromatic nitrogens is 2. The van der Waals surface area contributed by atoms with Crippen LogP contribution in [0, 0.1) is 6.92 Å². The number of amides is 1. The van der Waals surface area contributed by atoms with Gasteiger partial charge in [-0.15, -0.1) is 0 Å². The minimum absolute atomic E-state index is 0.0570. The minimum Gasteiger partial charge on any atom is -0.337 e. The molecule has 0 bridgehead atoms. The van der Waals surface area contributed by atoms with E-state index in [0.29, 0.717) is 23.0 Å². The van der Waals surface area contributed by atoms with Crippen LogP contribution in [0.15, 0.2) is 24.4 Å². The summed E-state index contributed by atoms with van der Waals surface area (Å²) in [5.41, 5.74) is 9.72. The van der Waals surface area contributed by atoms with Gasteiger partial charge in [0.05, 0.1) is 23.1 Å². The summed E-state index contributed by atoms with van der Waals surface area (Å²) in [7, 11) is 0. The second-order valence-corrected chi connectivity index (χ2v) is 7.62. The fourth-order valence-corrected chi connectivity index (χ4v) is 3.73. The van der Waals surface area contributed by atoms with E-state index >= 15 is 0 Å². The number of nitrogens with two attached hydrogens (primary N) is 1. The molecule has 0 spiro atoms. The molecule has 132 valence electrons. The van der Waals surface area contributed by atoms with Crippen molar-refractivity contribution in [1.82, 2.24) is 14.7 Å². The molecule has 5 nitrogen and oxygen atoms in total. The Morgan fingerprint density at radius 1 is 1.32 bits per heavy atom. The van der Waals surface area contributed by atoms with E-state index in [2.05, 4.69) is 5.10 Å². The molecule has 1 saturated heterocycles. The fourth-order valence-electron chi connectivity index (χ4n) is 3.56. The zero-order chi connectivity index (χ0) is 17.6. The predicted molar refractivity (Wildman–Crippen MR) is 98.4 cm³/mol. The van der Waals surface area contributed by atoms with Gasteiger partial charge in [0.2, 0.25) is 0 Å². The Labute approximate surface area is 152 Å². The van der Waals surface area contributed by atoms with Crippen molar-refractivity contribution in [1.29, 1.82) is 0 Å². The van der Waals surface area contributed by atoms with E-state index in [1.54, 1.807) is 6.20 Å². The minimum atomic E-state index is 0.0570. The SMILES string of the molecule is Cc1ccc(-n2ncc(C(=O)N3CCCC(N)C3)c2C2CC2)cc1Cl. The molecule has 2 heterocycles. The van der Waals surface area contributed by atoms with Crippen LogP contribution >= 0.6 is 11.6 Å². The standard InChI is InChI=1S/C19H23ClN4O/c1-12-4-7-15(9-17(12)20)24-18(13-5-6-13)16(10-22-24)19(25)23-8-2-3-14(21)11-23/h4,7,9-10,13-14H,2-3,5-6,8,11,21H2,1H3. The third kappa shape index (κ3) is 3.18. The van der Waals surface area contributed by atoms with E-state index < -0.39 is 0 Å². The Morgan fingerprint density at radius 3 is 2.80 bits per heavy atom. The summed E-state index contributed by atoms with van der Waals surface area (Å²) in [5, 5.41) is 5.25. The molecule has 4 rings (SSSR count). The number of benzene rings is 1. The van der Waals surface area contributed by atoms with Crippen LogP contribution in [0.3, 0.4) is 0 Å². The number of piperidine rings is 1. The zero-order valence-corrected chi connectivity index (χ0v) is 15.2. The molecular weight excluding hydrogens is 336 g/mol. The summed E-state index contributed by atoms with van der Waals surface area (Å²) in [6.45, 7) is 3.38. The van der Waals surface area contributed by atoms with Crippen molar-refractivity contribution in [3.05, 3.63) is 46.2 Å². The highest BCUT2D eigenvalue weighted by molar-refractivity contribution is 6.31. The van der Waals surface area contributed by atoms with Crippen molar-refractivity contribution in [3.8, 4) is 5.69 Å². The van der Waals surface area contributed by atoms with E-state index in [4.69, 9.17) is 17.3 Å². The van der Waals surface area contributed by atoms with Gasteiger partial charge in [-0.2, -0.15) is 5.10 Å². The zero-order valence-electron chi connectivity index (χ0n) is 14.4. The van der Waals surface area contributed by atoms with Crippen molar-refractivity contribution in [2.75, 3.05) is 13.1 Å². The maximum atomic E-state index is 13.1. The van der Waals surface area contributed by atoms with E-state index in [0.717, 1.165) is 49.2 Å². The molecule has 1 unspecified atom stereocenters. The summed E-state index contributed by atoms with van der Waals surface area (Å²) in [5.74, 6) is 0.460.